The van der Waals surface area contributed by atoms with E-state index in [0.29, 0.717) is 0 Å². The molecule has 0 spiro atoms. The highest BCUT2D eigenvalue weighted by molar-refractivity contribution is 7.11. The van der Waals surface area contributed by atoms with Gasteiger partial charge in [0.1, 0.15) is 0 Å². The van der Waals surface area contributed by atoms with Crippen molar-refractivity contribution in [3.8, 4) is 0 Å². The Labute approximate surface area is 104 Å². The molecule has 0 saturated carbocycles. The van der Waals surface area contributed by atoms with Crippen LogP contribution in [0.3, 0.4) is 0 Å². The fourth-order valence-electron chi connectivity index (χ4n) is 1.67. The Morgan fingerprint density at radius 3 is 2.56 bits per heavy atom. The van der Waals surface area contributed by atoms with Crippen LogP contribution in [-0.2, 0) is 6.42 Å². The molecule has 1 atom stereocenters. The molecule has 0 aromatic carbocycles. The lowest BCUT2D eigenvalue weighted by atomic mass is 10.1. The fraction of sp³-hybridized carbons (Fsp3) is 0.417. The lowest BCUT2D eigenvalue weighted by Crippen LogP contribution is -2.13. The molecule has 2 heterocycles. The van der Waals surface area contributed by atoms with Gasteiger partial charge in [0.25, 0.3) is 0 Å². The minimum atomic E-state index is 0.0798. The van der Waals surface area contributed by atoms with E-state index in [-0.39, 0.29) is 6.04 Å². The average Bonchev–Trinajstić information content (AvgIpc) is 2.74. The van der Waals surface area contributed by atoms with Crippen LogP contribution in [0.4, 0.5) is 0 Å². The summed E-state index contributed by atoms with van der Waals surface area (Å²) in [5.74, 6) is 0. The SMILES string of the molecule is Cc1cscc1C(N)Cc1nc(C)c(C)s1. The maximum atomic E-state index is 6.20. The molecule has 0 aliphatic rings. The number of hydrogen-bond acceptors (Lipinski definition) is 4. The third-order valence-electron chi connectivity index (χ3n) is 2.76. The van der Waals surface area contributed by atoms with Gasteiger partial charge >= 0.3 is 0 Å². The first-order valence-electron chi connectivity index (χ1n) is 5.29. The van der Waals surface area contributed by atoms with Gasteiger partial charge in [0.15, 0.2) is 0 Å². The second kappa shape index (κ2) is 4.65. The van der Waals surface area contributed by atoms with Crippen molar-refractivity contribution in [2.45, 2.75) is 33.2 Å². The summed E-state index contributed by atoms with van der Waals surface area (Å²) in [5, 5.41) is 5.44. The molecule has 16 heavy (non-hydrogen) atoms. The van der Waals surface area contributed by atoms with Gasteiger partial charge in [0.2, 0.25) is 0 Å². The van der Waals surface area contributed by atoms with Crippen molar-refractivity contribution in [3.63, 3.8) is 0 Å². The molecule has 2 nitrogen and oxygen atoms in total. The molecular weight excluding hydrogens is 236 g/mol. The Hall–Kier alpha value is -0.710. The van der Waals surface area contributed by atoms with E-state index >= 15 is 0 Å². The fourth-order valence-corrected chi connectivity index (χ4v) is 3.58. The van der Waals surface area contributed by atoms with Crippen LogP contribution < -0.4 is 5.73 Å². The number of nitrogens with zero attached hydrogens (tertiary/aromatic N) is 1. The number of aromatic nitrogens is 1. The predicted octanol–water partition coefficient (Wildman–Crippen LogP) is 3.37. The van der Waals surface area contributed by atoms with Crippen molar-refractivity contribution in [1.82, 2.24) is 4.98 Å². The lowest BCUT2D eigenvalue weighted by Gasteiger charge is -2.09. The minimum Gasteiger partial charge on any atom is -0.324 e. The van der Waals surface area contributed by atoms with Gasteiger partial charge in [0.05, 0.1) is 10.7 Å². The van der Waals surface area contributed by atoms with E-state index in [2.05, 4.69) is 36.5 Å². The molecule has 0 aliphatic heterocycles. The maximum absolute atomic E-state index is 6.20. The molecule has 2 rings (SSSR count). The molecular formula is C12H16N2S2. The molecule has 2 aromatic rings. The quantitative estimate of drug-likeness (QED) is 0.909. The number of aryl methyl sites for hydroxylation is 3. The van der Waals surface area contributed by atoms with Crippen LogP contribution in [0.15, 0.2) is 10.8 Å². The van der Waals surface area contributed by atoms with Crippen LogP contribution in [0.2, 0.25) is 0 Å². The van der Waals surface area contributed by atoms with Gasteiger partial charge < -0.3 is 5.73 Å². The molecule has 0 radical (unpaired) electrons. The zero-order chi connectivity index (χ0) is 11.7. The van der Waals surface area contributed by atoms with Crippen LogP contribution in [0.1, 0.15) is 32.7 Å². The van der Waals surface area contributed by atoms with Crippen molar-refractivity contribution in [1.29, 1.82) is 0 Å². The average molecular weight is 252 g/mol. The van der Waals surface area contributed by atoms with E-state index in [4.69, 9.17) is 5.73 Å². The molecule has 1 unspecified atom stereocenters. The lowest BCUT2D eigenvalue weighted by molar-refractivity contribution is 0.715. The van der Waals surface area contributed by atoms with Gasteiger partial charge in [-0.3, -0.25) is 0 Å². The number of thiophene rings is 1. The smallest absolute Gasteiger partial charge is 0.0949 e. The van der Waals surface area contributed by atoms with Gasteiger partial charge in [-0.15, -0.1) is 11.3 Å². The van der Waals surface area contributed by atoms with E-state index in [1.165, 1.54) is 16.0 Å². The Bertz CT molecular complexity index is 465. The second-order valence-corrected chi connectivity index (χ2v) is 6.10. The van der Waals surface area contributed by atoms with Crippen molar-refractivity contribution < 1.29 is 0 Å². The van der Waals surface area contributed by atoms with E-state index in [1.807, 2.05) is 0 Å². The topological polar surface area (TPSA) is 38.9 Å². The summed E-state index contributed by atoms with van der Waals surface area (Å²) in [6.45, 7) is 6.28. The van der Waals surface area contributed by atoms with E-state index < -0.39 is 0 Å². The highest BCUT2D eigenvalue weighted by atomic mass is 32.1. The molecule has 2 aromatic heterocycles. The summed E-state index contributed by atoms with van der Waals surface area (Å²) in [4.78, 5) is 5.83. The third kappa shape index (κ3) is 2.34. The zero-order valence-electron chi connectivity index (χ0n) is 9.78. The van der Waals surface area contributed by atoms with E-state index in [9.17, 15) is 0 Å². The number of thiazole rings is 1. The standard InChI is InChI=1S/C12H16N2S2/c1-7-5-15-6-10(7)11(13)4-12-14-8(2)9(3)16-12/h5-6,11H,4,13H2,1-3H3. The molecule has 0 bridgehead atoms. The van der Waals surface area contributed by atoms with Crippen LogP contribution in [0.5, 0.6) is 0 Å². The van der Waals surface area contributed by atoms with Gasteiger partial charge in [-0.05, 0) is 42.7 Å². The van der Waals surface area contributed by atoms with Crippen LogP contribution in [0, 0.1) is 20.8 Å². The molecule has 2 N–H and O–H groups in total. The van der Waals surface area contributed by atoms with Crippen molar-refractivity contribution in [2.75, 3.05) is 0 Å². The van der Waals surface area contributed by atoms with Crippen LogP contribution >= 0.6 is 22.7 Å². The normalized spacial score (nSPS) is 13.0. The molecule has 0 amide bonds. The first kappa shape index (κ1) is 11.8. The monoisotopic (exact) mass is 252 g/mol. The summed E-state index contributed by atoms with van der Waals surface area (Å²) in [6.07, 6.45) is 0.844. The minimum absolute atomic E-state index is 0.0798. The van der Waals surface area contributed by atoms with Crippen molar-refractivity contribution in [3.05, 3.63) is 37.5 Å². The van der Waals surface area contributed by atoms with Crippen molar-refractivity contribution in [2.24, 2.45) is 5.73 Å². The zero-order valence-corrected chi connectivity index (χ0v) is 11.4. The Balaban J connectivity index is 2.13. The largest absolute Gasteiger partial charge is 0.324 e. The Kier molecular flexibility index (Phi) is 3.42. The van der Waals surface area contributed by atoms with Gasteiger partial charge in [0, 0.05) is 17.3 Å². The first-order valence-corrected chi connectivity index (χ1v) is 7.05. The summed E-state index contributed by atoms with van der Waals surface area (Å²) in [6, 6.07) is 0.0798. The van der Waals surface area contributed by atoms with E-state index in [0.717, 1.165) is 17.1 Å². The molecule has 0 fully saturated rings. The Morgan fingerprint density at radius 1 is 1.31 bits per heavy atom. The van der Waals surface area contributed by atoms with Gasteiger partial charge in [-0.2, -0.15) is 11.3 Å². The van der Waals surface area contributed by atoms with E-state index in [1.54, 1.807) is 22.7 Å². The summed E-state index contributed by atoms with van der Waals surface area (Å²) >= 11 is 3.47. The van der Waals surface area contributed by atoms with Crippen LogP contribution in [-0.4, -0.2) is 4.98 Å². The highest BCUT2D eigenvalue weighted by Crippen LogP contribution is 2.25. The van der Waals surface area contributed by atoms with Crippen LogP contribution in [0.25, 0.3) is 0 Å². The summed E-state index contributed by atoms with van der Waals surface area (Å²) in [5.41, 5.74) is 9.89. The third-order valence-corrected chi connectivity index (χ3v) is 4.74. The molecule has 4 heteroatoms. The molecule has 0 aliphatic carbocycles. The number of hydrogen-bond donors (Lipinski definition) is 1. The summed E-state index contributed by atoms with van der Waals surface area (Å²) < 4.78 is 0. The maximum Gasteiger partial charge on any atom is 0.0949 e. The highest BCUT2D eigenvalue weighted by Gasteiger charge is 2.13. The number of rotatable bonds is 3. The summed E-state index contributed by atoms with van der Waals surface area (Å²) in [7, 11) is 0. The Morgan fingerprint density at radius 2 is 2.06 bits per heavy atom. The molecule has 0 saturated heterocycles. The predicted molar refractivity (Wildman–Crippen MR) is 71.3 cm³/mol. The number of nitrogens with two attached hydrogens (primary N) is 1. The molecule has 86 valence electrons. The van der Waals surface area contributed by atoms with Crippen molar-refractivity contribution >= 4 is 22.7 Å². The second-order valence-electron chi connectivity index (χ2n) is 4.07. The van der Waals surface area contributed by atoms with Gasteiger partial charge in [-0.1, -0.05) is 0 Å². The first-order chi connectivity index (χ1) is 7.58. The van der Waals surface area contributed by atoms with Gasteiger partial charge in [-0.25, -0.2) is 4.98 Å².